The first-order valence-corrected chi connectivity index (χ1v) is 4.77. The molecule has 7 nitrogen and oxygen atoms in total. The number of methoxy groups -OCH3 is 1. The van der Waals surface area contributed by atoms with Gasteiger partial charge in [-0.05, 0) is 29.7 Å². The van der Waals surface area contributed by atoms with Gasteiger partial charge in [0, 0.05) is 4.91 Å². The molecule has 0 aliphatic rings. The lowest BCUT2D eigenvalue weighted by molar-refractivity contribution is 0.0996. The molecule has 0 aliphatic carbocycles. The fraction of sp³-hybridized carbons (Fsp3) is 0.300. The van der Waals surface area contributed by atoms with Crippen molar-refractivity contribution in [1.82, 2.24) is 0 Å². The van der Waals surface area contributed by atoms with Crippen molar-refractivity contribution in [2.75, 3.05) is 13.7 Å². The van der Waals surface area contributed by atoms with Crippen LogP contribution in [0.5, 0.6) is 17.2 Å². The molecule has 0 saturated heterocycles. The van der Waals surface area contributed by atoms with Crippen molar-refractivity contribution in [2.45, 2.75) is 6.92 Å². The van der Waals surface area contributed by atoms with E-state index in [4.69, 9.17) is 15.0 Å². The summed E-state index contributed by atoms with van der Waals surface area (Å²) >= 11 is 0. The van der Waals surface area contributed by atoms with Crippen molar-refractivity contribution < 1.29 is 19.4 Å². The molecule has 0 unspecified atom stereocenters. The molecule has 0 bridgehead atoms. The van der Waals surface area contributed by atoms with Crippen molar-refractivity contribution in [2.24, 2.45) is 5.11 Å². The van der Waals surface area contributed by atoms with Gasteiger partial charge in [-0.25, -0.2) is 0 Å². The lowest BCUT2D eigenvalue weighted by atomic mass is 10.1. The number of hydrogen-bond donors (Lipinski definition) is 1. The van der Waals surface area contributed by atoms with Gasteiger partial charge in [0.25, 0.3) is 5.91 Å². The summed E-state index contributed by atoms with van der Waals surface area (Å²) in [6.45, 7) is 2.02. The highest BCUT2D eigenvalue weighted by Gasteiger charge is 2.19. The Morgan fingerprint density at radius 3 is 2.76 bits per heavy atom. The van der Waals surface area contributed by atoms with Gasteiger partial charge in [0.05, 0.1) is 19.3 Å². The van der Waals surface area contributed by atoms with Crippen LogP contribution >= 0.6 is 0 Å². The summed E-state index contributed by atoms with van der Waals surface area (Å²) in [6.07, 6.45) is 0. The molecule has 1 aromatic rings. The van der Waals surface area contributed by atoms with Crippen LogP contribution in [0.25, 0.3) is 10.4 Å². The maximum absolute atomic E-state index is 11.5. The summed E-state index contributed by atoms with van der Waals surface area (Å²) in [6, 6.07) is 2.57. The zero-order chi connectivity index (χ0) is 12.8. The minimum atomic E-state index is -0.801. The molecule has 1 aromatic carbocycles. The lowest BCUT2D eigenvalue weighted by Crippen LogP contribution is -2.02. The molecule has 0 aliphatic heterocycles. The van der Waals surface area contributed by atoms with Crippen LogP contribution < -0.4 is 9.47 Å². The van der Waals surface area contributed by atoms with Crippen molar-refractivity contribution in [3.8, 4) is 17.2 Å². The second-order valence-electron chi connectivity index (χ2n) is 2.92. The SMILES string of the molecule is CCOc1c(O)ccc(C(=O)N=[N+]=[N-])c1OC. The van der Waals surface area contributed by atoms with Crippen LogP contribution in [0.4, 0.5) is 0 Å². The average Bonchev–Trinajstić information content (AvgIpc) is 2.32. The van der Waals surface area contributed by atoms with E-state index in [0.717, 1.165) is 0 Å². The molecule has 0 aromatic heterocycles. The number of carbonyl (C=O) groups excluding carboxylic acids is 1. The smallest absolute Gasteiger partial charge is 0.253 e. The Labute approximate surface area is 97.2 Å². The molecule has 0 atom stereocenters. The van der Waals surface area contributed by atoms with E-state index in [-0.39, 0.29) is 22.8 Å². The van der Waals surface area contributed by atoms with Gasteiger partial charge in [-0.1, -0.05) is 0 Å². The highest BCUT2D eigenvalue weighted by Crippen LogP contribution is 2.39. The minimum absolute atomic E-state index is 0.0338. The first-order valence-electron chi connectivity index (χ1n) is 4.77. The second-order valence-corrected chi connectivity index (χ2v) is 2.92. The molecule has 7 heteroatoms. The van der Waals surface area contributed by atoms with Crippen LogP contribution in [0.15, 0.2) is 17.2 Å². The van der Waals surface area contributed by atoms with E-state index in [1.165, 1.54) is 19.2 Å². The van der Waals surface area contributed by atoms with E-state index < -0.39 is 5.91 Å². The number of ether oxygens (including phenoxy) is 2. The number of hydrogen-bond acceptors (Lipinski definition) is 4. The minimum Gasteiger partial charge on any atom is -0.504 e. The normalized spacial score (nSPS) is 9.29. The predicted octanol–water partition coefficient (Wildman–Crippen LogP) is 2.25. The van der Waals surface area contributed by atoms with Crippen molar-refractivity contribution >= 4 is 5.91 Å². The summed E-state index contributed by atoms with van der Waals surface area (Å²) in [4.78, 5) is 13.9. The van der Waals surface area contributed by atoms with Crippen LogP contribution in [0, 0.1) is 0 Å². The predicted molar refractivity (Wildman–Crippen MR) is 59.3 cm³/mol. The number of rotatable bonds is 4. The van der Waals surface area contributed by atoms with Gasteiger partial charge in [-0.15, -0.1) is 0 Å². The van der Waals surface area contributed by atoms with Crippen molar-refractivity contribution in [3.05, 3.63) is 28.1 Å². The third kappa shape index (κ3) is 2.59. The second kappa shape index (κ2) is 5.62. The van der Waals surface area contributed by atoms with Crippen LogP contribution in [-0.2, 0) is 0 Å². The highest BCUT2D eigenvalue weighted by atomic mass is 16.5. The van der Waals surface area contributed by atoms with Gasteiger partial charge in [-0.3, -0.25) is 4.79 Å². The number of azide groups is 1. The van der Waals surface area contributed by atoms with E-state index in [1.807, 2.05) is 0 Å². The van der Waals surface area contributed by atoms with Gasteiger partial charge < -0.3 is 14.6 Å². The van der Waals surface area contributed by atoms with Crippen molar-refractivity contribution in [1.29, 1.82) is 0 Å². The fourth-order valence-electron chi connectivity index (χ4n) is 1.30. The molecule has 0 spiro atoms. The molecule has 90 valence electrons. The Balaban J connectivity index is 3.36. The highest BCUT2D eigenvalue weighted by molar-refractivity contribution is 5.98. The topological polar surface area (TPSA) is 105 Å². The van der Waals surface area contributed by atoms with E-state index in [1.54, 1.807) is 6.92 Å². The zero-order valence-electron chi connectivity index (χ0n) is 9.38. The summed E-state index contributed by atoms with van der Waals surface area (Å²) < 4.78 is 10.2. The summed E-state index contributed by atoms with van der Waals surface area (Å²) in [5.74, 6) is -0.857. The Kier molecular flexibility index (Phi) is 4.19. The van der Waals surface area contributed by atoms with Gasteiger partial charge in [0.2, 0.25) is 5.75 Å². The molecule has 0 fully saturated rings. The number of phenolic OH excluding ortho intramolecular Hbond substituents is 1. The number of aromatic hydroxyl groups is 1. The fourth-order valence-corrected chi connectivity index (χ4v) is 1.30. The van der Waals surface area contributed by atoms with Gasteiger partial charge in [-0.2, -0.15) is 0 Å². The Morgan fingerprint density at radius 2 is 2.24 bits per heavy atom. The molecule has 1 N–H and O–H groups in total. The number of nitrogens with zero attached hydrogens (tertiary/aromatic N) is 3. The molecule has 0 saturated carbocycles. The van der Waals surface area contributed by atoms with E-state index in [0.29, 0.717) is 6.61 Å². The Morgan fingerprint density at radius 1 is 1.53 bits per heavy atom. The number of benzene rings is 1. The monoisotopic (exact) mass is 237 g/mol. The third-order valence-electron chi connectivity index (χ3n) is 1.95. The lowest BCUT2D eigenvalue weighted by Gasteiger charge is -2.13. The first kappa shape index (κ1) is 12.7. The van der Waals surface area contributed by atoms with Gasteiger partial charge in [0.15, 0.2) is 11.5 Å². The standard InChI is InChI=1S/C10H11N3O4/c1-3-17-9-7(14)5-4-6(8(9)16-2)10(15)12-13-11/h4-5,14H,3H2,1-2H3. The zero-order valence-corrected chi connectivity index (χ0v) is 9.38. The van der Waals surface area contributed by atoms with E-state index >= 15 is 0 Å². The molecular weight excluding hydrogens is 226 g/mol. The molecule has 1 rings (SSSR count). The molecule has 0 heterocycles. The maximum atomic E-state index is 11.5. The summed E-state index contributed by atoms with van der Waals surface area (Å²) in [5, 5.41) is 12.5. The maximum Gasteiger partial charge on any atom is 0.253 e. The molecule has 17 heavy (non-hydrogen) atoms. The van der Waals surface area contributed by atoms with Crippen LogP contribution in [-0.4, -0.2) is 24.7 Å². The Bertz CT molecular complexity index is 481. The largest absolute Gasteiger partial charge is 0.504 e. The molecule has 0 radical (unpaired) electrons. The van der Waals surface area contributed by atoms with Crippen LogP contribution in [0.1, 0.15) is 17.3 Å². The van der Waals surface area contributed by atoms with Crippen LogP contribution in [0.2, 0.25) is 0 Å². The molecular formula is C10H11N3O4. The van der Waals surface area contributed by atoms with E-state index in [9.17, 15) is 9.90 Å². The third-order valence-corrected chi connectivity index (χ3v) is 1.95. The number of carbonyl (C=O) groups is 1. The average molecular weight is 237 g/mol. The summed E-state index contributed by atoms with van der Waals surface area (Å²) in [5.41, 5.74) is 8.24. The quantitative estimate of drug-likeness (QED) is 0.492. The van der Waals surface area contributed by atoms with Gasteiger partial charge >= 0.3 is 0 Å². The molecule has 1 amide bonds. The number of amides is 1. The van der Waals surface area contributed by atoms with Gasteiger partial charge in [0.1, 0.15) is 0 Å². The van der Waals surface area contributed by atoms with Crippen LogP contribution in [0.3, 0.4) is 0 Å². The number of phenols is 1. The first-order chi connectivity index (χ1) is 8.15. The summed E-state index contributed by atoms with van der Waals surface area (Å²) in [7, 11) is 1.32. The van der Waals surface area contributed by atoms with Crippen molar-refractivity contribution in [3.63, 3.8) is 0 Å². The Hall–Kier alpha value is -2.40. The van der Waals surface area contributed by atoms with E-state index in [2.05, 4.69) is 10.0 Å².